The van der Waals surface area contributed by atoms with Gasteiger partial charge in [-0.1, -0.05) is 0 Å². The first-order chi connectivity index (χ1) is 7.00. The Balaban J connectivity index is 2.99. The summed E-state index contributed by atoms with van der Waals surface area (Å²) in [5.41, 5.74) is 6.09. The summed E-state index contributed by atoms with van der Waals surface area (Å²) in [6.45, 7) is 1.63. The highest BCUT2D eigenvalue weighted by Crippen LogP contribution is 2.26. The van der Waals surface area contributed by atoms with Crippen molar-refractivity contribution in [3.8, 4) is 0 Å². The molecule has 0 saturated heterocycles. The first-order valence-electron chi connectivity index (χ1n) is 4.21. The van der Waals surface area contributed by atoms with Crippen molar-refractivity contribution in [2.24, 2.45) is 0 Å². The molecule has 15 heavy (non-hydrogen) atoms. The number of aryl methyl sites for hydroxylation is 1. The maximum Gasteiger partial charge on any atom is 0.195 e. The Morgan fingerprint density at radius 2 is 1.80 bits per heavy atom. The van der Waals surface area contributed by atoms with E-state index in [1.165, 1.54) is 6.07 Å². The van der Waals surface area contributed by atoms with E-state index in [0.29, 0.717) is 5.69 Å². The molecule has 0 spiro atoms. The average molecular weight is 212 g/mol. The molecule has 0 atom stereocenters. The van der Waals surface area contributed by atoms with Crippen LogP contribution in [0.25, 0.3) is 10.9 Å². The van der Waals surface area contributed by atoms with Gasteiger partial charge in [-0.25, -0.2) is 13.2 Å². The minimum Gasteiger partial charge on any atom is -0.398 e. The van der Waals surface area contributed by atoms with Gasteiger partial charge >= 0.3 is 0 Å². The maximum absolute atomic E-state index is 13.3. The molecule has 0 aliphatic rings. The van der Waals surface area contributed by atoms with Crippen LogP contribution in [-0.4, -0.2) is 4.98 Å². The molecule has 0 bridgehead atoms. The fourth-order valence-electron chi connectivity index (χ4n) is 1.46. The van der Waals surface area contributed by atoms with Gasteiger partial charge in [-0.3, -0.25) is 4.98 Å². The fourth-order valence-corrected chi connectivity index (χ4v) is 1.46. The van der Waals surface area contributed by atoms with Gasteiger partial charge in [0.15, 0.2) is 17.5 Å². The molecule has 1 heterocycles. The molecule has 0 saturated carbocycles. The van der Waals surface area contributed by atoms with Gasteiger partial charge in [-0.05, 0) is 13.0 Å². The highest BCUT2D eigenvalue weighted by Gasteiger charge is 2.16. The molecule has 2 N–H and O–H groups in total. The second-order valence-corrected chi connectivity index (χ2v) is 3.23. The van der Waals surface area contributed by atoms with Crippen LogP contribution in [-0.2, 0) is 0 Å². The minimum atomic E-state index is -1.53. The summed E-state index contributed by atoms with van der Waals surface area (Å²) in [5, 5.41) is -0.181. The maximum atomic E-state index is 13.3. The van der Waals surface area contributed by atoms with Crippen LogP contribution in [0.3, 0.4) is 0 Å². The van der Waals surface area contributed by atoms with Crippen molar-refractivity contribution in [1.82, 2.24) is 4.98 Å². The predicted octanol–water partition coefficient (Wildman–Crippen LogP) is 2.54. The van der Waals surface area contributed by atoms with E-state index in [4.69, 9.17) is 5.73 Å². The predicted molar refractivity (Wildman–Crippen MR) is 50.8 cm³/mol. The van der Waals surface area contributed by atoms with Gasteiger partial charge < -0.3 is 5.73 Å². The number of hydrogen-bond acceptors (Lipinski definition) is 2. The third-order valence-electron chi connectivity index (χ3n) is 2.09. The largest absolute Gasteiger partial charge is 0.398 e. The van der Waals surface area contributed by atoms with E-state index >= 15 is 0 Å². The lowest BCUT2D eigenvalue weighted by Gasteiger charge is -2.05. The van der Waals surface area contributed by atoms with E-state index in [1.807, 2.05) is 0 Å². The molecular formula is C10H7F3N2. The van der Waals surface area contributed by atoms with Crippen LogP contribution >= 0.6 is 0 Å². The lowest BCUT2D eigenvalue weighted by Crippen LogP contribution is -1.99. The summed E-state index contributed by atoms with van der Waals surface area (Å²) in [4.78, 5) is 3.87. The van der Waals surface area contributed by atoms with Crippen molar-refractivity contribution < 1.29 is 13.2 Å². The fraction of sp³-hybridized carbons (Fsp3) is 0.100. The molecule has 1 aromatic heterocycles. The van der Waals surface area contributed by atoms with E-state index in [0.717, 1.165) is 6.07 Å². The summed E-state index contributed by atoms with van der Waals surface area (Å²) in [7, 11) is 0. The molecule has 0 aliphatic carbocycles. The Labute approximate surface area is 83.5 Å². The molecule has 2 rings (SSSR count). The summed E-state index contributed by atoms with van der Waals surface area (Å²) in [6.07, 6.45) is 0. The third-order valence-corrected chi connectivity index (χ3v) is 2.09. The van der Waals surface area contributed by atoms with Crippen LogP contribution in [0, 0.1) is 24.4 Å². The number of anilines is 1. The van der Waals surface area contributed by atoms with Gasteiger partial charge in [-0.2, -0.15) is 0 Å². The molecular weight excluding hydrogens is 205 g/mol. The minimum absolute atomic E-state index is 0.0175. The Hall–Kier alpha value is -1.78. The molecule has 0 unspecified atom stereocenters. The number of pyridine rings is 1. The van der Waals surface area contributed by atoms with Crippen molar-refractivity contribution in [1.29, 1.82) is 0 Å². The number of aromatic nitrogens is 1. The lowest BCUT2D eigenvalue weighted by molar-refractivity contribution is 0.453. The van der Waals surface area contributed by atoms with E-state index in [2.05, 4.69) is 4.98 Å². The highest BCUT2D eigenvalue weighted by atomic mass is 19.2. The molecule has 0 fully saturated rings. The standard InChI is InChI=1S/C10H7F3N2/c1-4-2-6(14)8-7(15-4)3-5(11)9(12)10(8)13/h2-3H,1H3,(H2,14,15). The summed E-state index contributed by atoms with van der Waals surface area (Å²) in [5.74, 6) is -4.09. The highest BCUT2D eigenvalue weighted by molar-refractivity contribution is 5.90. The van der Waals surface area contributed by atoms with Crippen LogP contribution in [0.4, 0.5) is 18.9 Å². The van der Waals surface area contributed by atoms with Crippen molar-refractivity contribution in [3.63, 3.8) is 0 Å². The van der Waals surface area contributed by atoms with E-state index in [9.17, 15) is 13.2 Å². The SMILES string of the molecule is Cc1cc(N)c2c(F)c(F)c(F)cc2n1. The molecule has 2 aromatic rings. The van der Waals surface area contributed by atoms with Crippen LogP contribution in [0.1, 0.15) is 5.69 Å². The zero-order valence-corrected chi connectivity index (χ0v) is 7.81. The monoisotopic (exact) mass is 212 g/mol. The first kappa shape index (κ1) is 9.76. The topological polar surface area (TPSA) is 38.9 Å². The summed E-state index contributed by atoms with van der Waals surface area (Å²) < 4.78 is 39.1. The van der Waals surface area contributed by atoms with Gasteiger partial charge in [0.25, 0.3) is 0 Å². The Morgan fingerprint density at radius 3 is 2.47 bits per heavy atom. The number of nitrogen functional groups attached to an aromatic ring is 1. The Morgan fingerprint density at radius 1 is 1.13 bits per heavy atom. The molecule has 0 aliphatic heterocycles. The number of rotatable bonds is 0. The van der Waals surface area contributed by atoms with Crippen LogP contribution in [0.15, 0.2) is 12.1 Å². The van der Waals surface area contributed by atoms with Crippen molar-refractivity contribution in [2.75, 3.05) is 5.73 Å². The van der Waals surface area contributed by atoms with Gasteiger partial charge in [0.05, 0.1) is 10.9 Å². The van der Waals surface area contributed by atoms with Crippen LogP contribution in [0.2, 0.25) is 0 Å². The van der Waals surface area contributed by atoms with Gasteiger partial charge in [0.2, 0.25) is 0 Å². The van der Waals surface area contributed by atoms with Crippen molar-refractivity contribution in [2.45, 2.75) is 6.92 Å². The van der Waals surface area contributed by atoms with Crippen molar-refractivity contribution in [3.05, 3.63) is 35.3 Å². The summed E-state index contributed by atoms with van der Waals surface area (Å²) >= 11 is 0. The Kier molecular flexibility index (Phi) is 2.03. The smallest absolute Gasteiger partial charge is 0.195 e. The summed E-state index contributed by atoms with van der Waals surface area (Å²) in [6, 6.07) is 2.24. The number of nitrogens with zero attached hydrogens (tertiary/aromatic N) is 1. The number of halogens is 3. The zero-order valence-electron chi connectivity index (χ0n) is 7.81. The van der Waals surface area contributed by atoms with Crippen LogP contribution < -0.4 is 5.73 Å². The average Bonchev–Trinajstić information content (AvgIpc) is 2.13. The van der Waals surface area contributed by atoms with E-state index in [1.54, 1.807) is 6.92 Å². The number of hydrogen-bond donors (Lipinski definition) is 1. The van der Waals surface area contributed by atoms with Gasteiger partial charge in [0.1, 0.15) is 0 Å². The zero-order chi connectivity index (χ0) is 11.2. The molecule has 0 radical (unpaired) electrons. The molecule has 0 amide bonds. The van der Waals surface area contributed by atoms with Gasteiger partial charge in [0, 0.05) is 17.4 Å². The van der Waals surface area contributed by atoms with E-state index < -0.39 is 17.5 Å². The number of fused-ring (bicyclic) bond motifs is 1. The molecule has 1 aromatic carbocycles. The lowest BCUT2D eigenvalue weighted by atomic mass is 10.1. The molecule has 5 heteroatoms. The Bertz CT molecular complexity index is 552. The van der Waals surface area contributed by atoms with Gasteiger partial charge in [-0.15, -0.1) is 0 Å². The van der Waals surface area contributed by atoms with Crippen molar-refractivity contribution >= 4 is 16.6 Å². The normalized spacial score (nSPS) is 10.9. The van der Waals surface area contributed by atoms with E-state index in [-0.39, 0.29) is 16.6 Å². The quantitative estimate of drug-likeness (QED) is 0.681. The molecule has 78 valence electrons. The first-order valence-corrected chi connectivity index (χ1v) is 4.21. The molecule has 2 nitrogen and oxygen atoms in total. The third kappa shape index (κ3) is 1.40. The number of nitrogens with two attached hydrogens (primary N) is 1. The second-order valence-electron chi connectivity index (χ2n) is 3.23. The number of benzene rings is 1. The second kappa shape index (κ2) is 3.12. The van der Waals surface area contributed by atoms with Crippen LogP contribution in [0.5, 0.6) is 0 Å².